The van der Waals surface area contributed by atoms with Crippen LogP contribution < -0.4 is 4.74 Å². The summed E-state index contributed by atoms with van der Waals surface area (Å²) in [7, 11) is 3.86. The van der Waals surface area contributed by atoms with Crippen molar-refractivity contribution in [3.63, 3.8) is 0 Å². The van der Waals surface area contributed by atoms with E-state index in [1.54, 1.807) is 7.11 Å². The number of ether oxygens (including phenoxy) is 1. The van der Waals surface area contributed by atoms with Crippen LogP contribution in [0.15, 0.2) is 30.3 Å². The molecule has 29 heavy (non-hydrogen) atoms. The van der Waals surface area contributed by atoms with Crippen molar-refractivity contribution < 1.29 is 9.53 Å². The Morgan fingerprint density at radius 3 is 2.55 bits per heavy atom. The molecule has 1 aromatic rings. The minimum atomic E-state index is 0.352. The average molecular weight is 398 g/mol. The molecule has 4 rings (SSSR count). The molecule has 5 heteroatoms. The first kappa shape index (κ1) is 20.4. The number of carbonyl (C=O) groups excluding carboxylic acids is 1. The number of rotatable bonds is 5. The van der Waals surface area contributed by atoms with Gasteiger partial charge in [0.05, 0.1) is 7.11 Å². The molecule has 5 nitrogen and oxygen atoms in total. The van der Waals surface area contributed by atoms with Gasteiger partial charge in [0, 0.05) is 32.1 Å². The van der Waals surface area contributed by atoms with E-state index in [0.717, 1.165) is 64.3 Å². The third kappa shape index (κ3) is 4.84. The Morgan fingerprint density at radius 2 is 1.90 bits per heavy atom. The Hall–Kier alpha value is -1.85. The first-order valence-electron chi connectivity index (χ1n) is 11.1. The first-order valence-corrected chi connectivity index (χ1v) is 11.1. The van der Waals surface area contributed by atoms with Crippen LogP contribution in [-0.4, -0.2) is 80.1 Å². The summed E-state index contributed by atoms with van der Waals surface area (Å²) in [6, 6.07) is 8.63. The van der Waals surface area contributed by atoms with Crippen molar-refractivity contribution in [1.29, 1.82) is 0 Å². The zero-order chi connectivity index (χ0) is 20.3. The molecule has 0 aliphatic carbocycles. The highest BCUT2D eigenvalue weighted by Gasteiger charge is 2.43. The Labute approximate surface area is 175 Å². The second-order valence-corrected chi connectivity index (χ2v) is 9.20. The SMILES string of the molecule is COc1ccc(C=CCN2CCC3(CCC(=O)N(C4CCN(C)C4)C3)CC2)cc1. The fraction of sp³-hybridized carbons (Fsp3) is 0.625. The summed E-state index contributed by atoms with van der Waals surface area (Å²) in [4.78, 5) is 19.7. The lowest BCUT2D eigenvalue weighted by atomic mass is 9.72. The van der Waals surface area contributed by atoms with E-state index in [-0.39, 0.29) is 0 Å². The molecular weight excluding hydrogens is 362 g/mol. The highest BCUT2D eigenvalue weighted by atomic mass is 16.5. The molecule has 1 unspecified atom stereocenters. The number of hydrogen-bond acceptors (Lipinski definition) is 4. The Kier molecular flexibility index (Phi) is 6.26. The van der Waals surface area contributed by atoms with E-state index in [1.807, 2.05) is 12.1 Å². The maximum absolute atomic E-state index is 12.6. The molecule has 3 aliphatic rings. The number of nitrogens with zero attached hydrogens (tertiary/aromatic N) is 3. The number of benzene rings is 1. The predicted molar refractivity (Wildman–Crippen MR) is 117 cm³/mol. The normalized spacial score (nSPS) is 25.9. The monoisotopic (exact) mass is 397 g/mol. The molecule has 1 spiro atoms. The number of carbonyl (C=O) groups is 1. The fourth-order valence-electron chi connectivity index (χ4n) is 5.21. The van der Waals surface area contributed by atoms with Crippen LogP contribution in [0.3, 0.4) is 0 Å². The van der Waals surface area contributed by atoms with Crippen LogP contribution in [0.2, 0.25) is 0 Å². The molecule has 3 saturated heterocycles. The minimum Gasteiger partial charge on any atom is -0.497 e. The van der Waals surface area contributed by atoms with Crippen molar-refractivity contribution in [2.24, 2.45) is 5.41 Å². The zero-order valence-corrected chi connectivity index (χ0v) is 18.0. The first-order chi connectivity index (χ1) is 14.1. The van der Waals surface area contributed by atoms with Gasteiger partial charge in [-0.2, -0.15) is 0 Å². The van der Waals surface area contributed by atoms with Gasteiger partial charge in [-0.15, -0.1) is 0 Å². The van der Waals surface area contributed by atoms with Gasteiger partial charge in [-0.1, -0.05) is 24.3 Å². The largest absolute Gasteiger partial charge is 0.497 e. The van der Waals surface area contributed by atoms with Crippen molar-refractivity contribution >= 4 is 12.0 Å². The predicted octanol–water partition coefficient (Wildman–Crippen LogP) is 3.12. The van der Waals surface area contributed by atoms with Crippen LogP contribution in [-0.2, 0) is 4.79 Å². The van der Waals surface area contributed by atoms with Gasteiger partial charge in [-0.3, -0.25) is 9.69 Å². The minimum absolute atomic E-state index is 0.352. The van der Waals surface area contributed by atoms with E-state index in [4.69, 9.17) is 4.74 Å². The molecule has 0 N–H and O–H groups in total. The summed E-state index contributed by atoms with van der Waals surface area (Å²) in [5, 5.41) is 0. The molecule has 0 saturated carbocycles. The van der Waals surface area contributed by atoms with Crippen LogP contribution in [0, 0.1) is 5.41 Å². The number of piperidine rings is 2. The van der Waals surface area contributed by atoms with E-state index in [1.165, 1.54) is 18.4 Å². The summed E-state index contributed by atoms with van der Waals surface area (Å²) < 4.78 is 5.22. The Balaban J connectivity index is 1.28. The van der Waals surface area contributed by atoms with Gasteiger partial charge in [0.2, 0.25) is 5.91 Å². The van der Waals surface area contributed by atoms with Crippen molar-refractivity contribution in [2.75, 3.05) is 53.4 Å². The summed E-state index contributed by atoms with van der Waals surface area (Å²) in [5.41, 5.74) is 1.56. The second kappa shape index (κ2) is 8.88. The zero-order valence-electron chi connectivity index (χ0n) is 18.0. The smallest absolute Gasteiger partial charge is 0.222 e. The lowest BCUT2D eigenvalue weighted by molar-refractivity contribution is -0.141. The molecule has 0 radical (unpaired) electrons. The maximum atomic E-state index is 12.6. The lowest BCUT2D eigenvalue weighted by Crippen LogP contribution is -2.54. The van der Waals surface area contributed by atoms with Gasteiger partial charge in [0.1, 0.15) is 5.75 Å². The highest BCUT2D eigenvalue weighted by molar-refractivity contribution is 5.77. The molecule has 0 bridgehead atoms. The Morgan fingerprint density at radius 1 is 1.14 bits per heavy atom. The topological polar surface area (TPSA) is 36.0 Å². The van der Waals surface area contributed by atoms with E-state index in [2.05, 4.69) is 46.0 Å². The number of methoxy groups -OCH3 is 1. The molecular formula is C24H35N3O2. The number of likely N-dealkylation sites (N-methyl/N-ethyl adjacent to an activating group) is 1. The number of hydrogen-bond donors (Lipinski definition) is 0. The van der Waals surface area contributed by atoms with E-state index in [9.17, 15) is 4.79 Å². The highest BCUT2D eigenvalue weighted by Crippen LogP contribution is 2.41. The van der Waals surface area contributed by atoms with Crippen LogP contribution >= 0.6 is 0 Å². The molecule has 1 atom stereocenters. The van der Waals surface area contributed by atoms with Gasteiger partial charge in [-0.05, 0) is 75.5 Å². The third-order valence-corrected chi connectivity index (χ3v) is 7.21. The average Bonchev–Trinajstić information content (AvgIpc) is 3.18. The maximum Gasteiger partial charge on any atom is 0.222 e. The lowest BCUT2D eigenvalue weighted by Gasteiger charge is -2.49. The van der Waals surface area contributed by atoms with Crippen molar-refractivity contribution in [3.8, 4) is 5.75 Å². The van der Waals surface area contributed by atoms with Gasteiger partial charge < -0.3 is 14.5 Å². The summed E-state index contributed by atoms with van der Waals surface area (Å²) in [5.74, 6) is 1.29. The van der Waals surface area contributed by atoms with Gasteiger partial charge in [0.15, 0.2) is 0 Å². The Bertz CT molecular complexity index is 722. The van der Waals surface area contributed by atoms with Crippen LogP contribution in [0.4, 0.5) is 0 Å². The van der Waals surface area contributed by atoms with Crippen LogP contribution in [0.5, 0.6) is 5.75 Å². The second-order valence-electron chi connectivity index (χ2n) is 9.20. The van der Waals surface area contributed by atoms with Gasteiger partial charge >= 0.3 is 0 Å². The molecule has 0 aromatic heterocycles. The third-order valence-electron chi connectivity index (χ3n) is 7.21. The number of amides is 1. The quantitative estimate of drug-likeness (QED) is 0.765. The molecule has 3 heterocycles. The van der Waals surface area contributed by atoms with E-state index < -0.39 is 0 Å². The van der Waals surface area contributed by atoms with Crippen molar-refractivity contribution in [2.45, 2.75) is 38.1 Å². The molecule has 3 aliphatic heterocycles. The van der Waals surface area contributed by atoms with E-state index in [0.29, 0.717) is 17.4 Å². The summed E-state index contributed by atoms with van der Waals surface area (Å²) >= 11 is 0. The number of likely N-dealkylation sites (tertiary alicyclic amines) is 3. The van der Waals surface area contributed by atoms with Gasteiger partial charge in [-0.25, -0.2) is 0 Å². The van der Waals surface area contributed by atoms with Crippen molar-refractivity contribution in [1.82, 2.24) is 14.7 Å². The van der Waals surface area contributed by atoms with Crippen LogP contribution in [0.1, 0.15) is 37.7 Å². The molecule has 1 amide bonds. The van der Waals surface area contributed by atoms with E-state index >= 15 is 0 Å². The molecule has 3 fully saturated rings. The van der Waals surface area contributed by atoms with Crippen LogP contribution in [0.25, 0.3) is 6.08 Å². The fourth-order valence-corrected chi connectivity index (χ4v) is 5.21. The molecule has 158 valence electrons. The van der Waals surface area contributed by atoms with Crippen molar-refractivity contribution in [3.05, 3.63) is 35.9 Å². The molecule has 1 aromatic carbocycles. The standard InChI is InChI=1S/C24H35N3O2/c1-25-15-10-21(18-25)27-19-24(11-9-23(27)28)12-16-26(17-13-24)14-3-4-20-5-7-22(29-2)8-6-20/h3-8,21H,9-19H2,1-2H3. The van der Waals surface area contributed by atoms with Gasteiger partial charge in [0.25, 0.3) is 0 Å². The summed E-state index contributed by atoms with van der Waals surface area (Å²) in [6.45, 7) is 6.43. The summed E-state index contributed by atoms with van der Waals surface area (Å²) in [6.07, 6.45) is 9.87.